The van der Waals surface area contributed by atoms with Gasteiger partial charge in [0.2, 0.25) is 5.95 Å². The van der Waals surface area contributed by atoms with Gasteiger partial charge in [0.05, 0.1) is 11.9 Å². The van der Waals surface area contributed by atoms with Crippen molar-refractivity contribution in [2.45, 2.75) is 0 Å². The molecule has 1 aromatic rings. The van der Waals surface area contributed by atoms with Crippen LogP contribution in [0.2, 0.25) is 0 Å². The number of hydrogen-bond donors (Lipinski definition) is 3. The Bertz CT molecular complexity index is 260. The van der Waals surface area contributed by atoms with E-state index < -0.39 is 0 Å². The summed E-state index contributed by atoms with van der Waals surface area (Å²) in [5, 5.41) is 8.81. The van der Waals surface area contributed by atoms with Gasteiger partial charge >= 0.3 is 0 Å². The fourth-order valence-electron chi connectivity index (χ4n) is 0.876. The summed E-state index contributed by atoms with van der Waals surface area (Å²) in [6.07, 6.45) is 1.73. The fourth-order valence-corrected chi connectivity index (χ4v) is 0.876. The Hall–Kier alpha value is -1.52. The Morgan fingerprint density at radius 2 is 1.83 bits per heavy atom. The lowest BCUT2D eigenvalue weighted by Crippen LogP contribution is -2.03. The summed E-state index contributed by atoms with van der Waals surface area (Å²) in [6.45, 7) is 0. The first kappa shape index (κ1) is 8.58. The molecule has 0 amide bonds. The zero-order valence-corrected chi connectivity index (χ0v) is 7.47. The molecule has 0 fully saturated rings. The number of hydrogen-bond acceptors (Lipinski definition) is 5. The van der Waals surface area contributed by atoms with Crippen molar-refractivity contribution < 1.29 is 0 Å². The molecular weight excluding hydrogens is 154 g/mol. The predicted octanol–water partition coefficient (Wildman–Crippen LogP) is 0.602. The Morgan fingerprint density at radius 3 is 2.33 bits per heavy atom. The number of aromatic nitrogens is 2. The maximum Gasteiger partial charge on any atom is 0.224 e. The van der Waals surface area contributed by atoms with Gasteiger partial charge in [-0.15, -0.1) is 0 Å². The van der Waals surface area contributed by atoms with Gasteiger partial charge in [-0.2, -0.15) is 4.98 Å². The van der Waals surface area contributed by atoms with Gasteiger partial charge in [0.15, 0.2) is 5.82 Å². The third-order valence-electron chi connectivity index (χ3n) is 1.52. The van der Waals surface area contributed by atoms with E-state index in [2.05, 4.69) is 25.9 Å². The molecule has 3 N–H and O–H groups in total. The maximum atomic E-state index is 4.18. The molecule has 0 spiro atoms. The van der Waals surface area contributed by atoms with Crippen LogP contribution in [0.1, 0.15) is 0 Å². The van der Waals surface area contributed by atoms with Gasteiger partial charge < -0.3 is 16.0 Å². The average Bonchev–Trinajstić information content (AvgIpc) is 2.16. The molecule has 1 rings (SSSR count). The van der Waals surface area contributed by atoms with E-state index in [4.69, 9.17) is 0 Å². The van der Waals surface area contributed by atoms with Gasteiger partial charge in [-0.1, -0.05) is 0 Å². The van der Waals surface area contributed by atoms with Crippen LogP contribution >= 0.6 is 0 Å². The third kappa shape index (κ3) is 1.55. The molecule has 0 aliphatic heterocycles. The molecule has 66 valence electrons. The summed E-state index contributed by atoms with van der Waals surface area (Å²) in [5.41, 5.74) is 0.886. The smallest absolute Gasteiger partial charge is 0.224 e. The summed E-state index contributed by atoms with van der Waals surface area (Å²) in [6, 6.07) is 0. The Labute approximate surface area is 71.6 Å². The van der Waals surface area contributed by atoms with Gasteiger partial charge in [-0.05, 0) is 0 Å². The predicted molar refractivity (Wildman–Crippen MR) is 50.7 cm³/mol. The van der Waals surface area contributed by atoms with Crippen LogP contribution in [-0.4, -0.2) is 31.1 Å². The molecule has 0 aromatic carbocycles. The average molecular weight is 167 g/mol. The van der Waals surface area contributed by atoms with Crippen molar-refractivity contribution in [2.24, 2.45) is 0 Å². The van der Waals surface area contributed by atoms with Crippen LogP contribution in [0.25, 0.3) is 0 Å². The first-order valence-electron chi connectivity index (χ1n) is 3.72. The first-order valence-corrected chi connectivity index (χ1v) is 3.72. The van der Waals surface area contributed by atoms with E-state index >= 15 is 0 Å². The molecular formula is C7H13N5. The zero-order chi connectivity index (χ0) is 8.97. The lowest BCUT2D eigenvalue weighted by atomic mass is 10.5. The summed E-state index contributed by atoms with van der Waals surface area (Å²) in [4.78, 5) is 8.24. The van der Waals surface area contributed by atoms with Crippen LogP contribution in [0.5, 0.6) is 0 Å². The lowest BCUT2D eigenvalue weighted by molar-refractivity contribution is 1.14. The number of anilines is 3. The van der Waals surface area contributed by atoms with Crippen LogP contribution < -0.4 is 16.0 Å². The van der Waals surface area contributed by atoms with Gasteiger partial charge in [0.25, 0.3) is 0 Å². The van der Waals surface area contributed by atoms with Crippen molar-refractivity contribution in [3.63, 3.8) is 0 Å². The van der Waals surface area contributed by atoms with Crippen molar-refractivity contribution in [1.29, 1.82) is 0 Å². The maximum absolute atomic E-state index is 4.18. The first-order chi connectivity index (χ1) is 5.81. The van der Waals surface area contributed by atoms with E-state index in [0.717, 1.165) is 11.5 Å². The largest absolute Gasteiger partial charge is 0.384 e. The van der Waals surface area contributed by atoms with E-state index in [1.54, 1.807) is 13.2 Å². The Balaban J connectivity index is 3.02. The topological polar surface area (TPSA) is 61.9 Å². The Kier molecular flexibility index (Phi) is 2.68. The molecule has 0 unspecified atom stereocenters. The van der Waals surface area contributed by atoms with Crippen molar-refractivity contribution >= 4 is 17.5 Å². The Morgan fingerprint density at radius 1 is 1.08 bits per heavy atom. The van der Waals surface area contributed by atoms with E-state index in [0.29, 0.717) is 5.95 Å². The van der Waals surface area contributed by atoms with Crippen molar-refractivity contribution in [2.75, 3.05) is 37.1 Å². The quantitative estimate of drug-likeness (QED) is 0.615. The zero-order valence-electron chi connectivity index (χ0n) is 7.47. The van der Waals surface area contributed by atoms with Crippen LogP contribution in [0, 0.1) is 0 Å². The lowest BCUT2D eigenvalue weighted by Gasteiger charge is -2.07. The molecule has 0 radical (unpaired) electrons. The van der Waals surface area contributed by atoms with E-state index in [-0.39, 0.29) is 0 Å². The molecule has 0 bridgehead atoms. The highest BCUT2D eigenvalue weighted by Gasteiger charge is 2.01. The molecule has 0 saturated carbocycles. The minimum Gasteiger partial charge on any atom is -0.384 e. The van der Waals surface area contributed by atoms with Gasteiger partial charge in [0, 0.05) is 21.1 Å². The highest BCUT2D eigenvalue weighted by atomic mass is 15.1. The van der Waals surface area contributed by atoms with E-state index in [1.807, 2.05) is 14.1 Å². The standard InChI is InChI=1S/C7H13N5/c1-8-5-4-11-7(10-3)12-6(5)9-2/h4,8H,1-3H3,(H2,9,10,11,12). The van der Waals surface area contributed by atoms with Crippen molar-refractivity contribution in [1.82, 2.24) is 9.97 Å². The van der Waals surface area contributed by atoms with Crippen LogP contribution in [0.3, 0.4) is 0 Å². The minimum atomic E-state index is 0.610. The van der Waals surface area contributed by atoms with E-state index in [9.17, 15) is 0 Å². The molecule has 5 heteroatoms. The highest BCUT2D eigenvalue weighted by Crippen LogP contribution is 2.17. The normalized spacial score (nSPS) is 9.25. The summed E-state index contributed by atoms with van der Waals surface area (Å²) < 4.78 is 0. The molecule has 1 heterocycles. The fraction of sp³-hybridized carbons (Fsp3) is 0.429. The SMILES string of the molecule is CNc1ncc(NC)c(NC)n1. The van der Waals surface area contributed by atoms with Gasteiger partial charge in [-0.25, -0.2) is 4.98 Å². The molecule has 0 aliphatic carbocycles. The highest BCUT2D eigenvalue weighted by molar-refractivity contribution is 5.63. The second-order valence-corrected chi connectivity index (χ2v) is 2.21. The molecule has 0 aliphatic rings. The minimum absolute atomic E-state index is 0.610. The van der Waals surface area contributed by atoms with Crippen LogP contribution in [-0.2, 0) is 0 Å². The molecule has 0 atom stereocenters. The van der Waals surface area contributed by atoms with Crippen molar-refractivity contribution in [3.8, 4) is 0 Å². The molecule has 12 heavy (non-hydrogen) atoms. The monoisotopic (exact) mass is 167 g/mol. The second kappa shape index (κ2) is 3.75. The molecule has 1 aromatic heterocycles. The summed E-state index contributed by atoms with van der Waals surface area (Å²) >= 11 is 0. The molecule has 0 saturated heterocycles. The number of nitrogens with one attached hydrogen (secondary N) is 3. The van der Waals surface area contributed by atoms with Crippen molar-refractivity contribution in [3.05, 3.63) is 6.20 Å². The molecule has 5 nitrogen and oxygen atoms in total. The van der Waals surface area contributed by atoms with Crippen LogP contribution in [0.4, 0.5) is 17.5 Å². The van der Waals surface area contributed by atoms with Gasteiger partial charge in [-0.3, -0.25) is 0 Å². The summed E-state index contributed by atoms with van der Waals surface area (Å²) in [5.74, 6) is 1.40. The van der Waals surface area contributed by atoms with E-state index in [1.165, 1.54) is 0 Å². The van der Waals surface area contributed by atoms with Gasteiger partial charge in [0.1, 0.15) is 0 Å². The van der Waals surface area contributed by atoms with Crippen LogP contribution in [0.15, 0.2) is 6.20 Å². The second-order valence-electron chi connectivity index (χ2n) is 2.21. The third-order valence-corrected chi connectivity index (χ3v) is 1.52. The summed E-state index contributed by atoms with van der Waals surface area (Å²) in [7, 11) is 5.44. The number of rotatable bonds is 3. The number of nitrogens with zero attached hydrogens (tertiary/aromatic N) is 2.